The van der Waals surface area contributed by atoms with Crippen LogP contribution in [0.1, 0.15) is 0 Å². The summed E-state index contributed by atoms with van der Waals surface area (Å²) in [6.45, 7) is 0. The number of aromatic hydroxyl groups is 1. The second-order valence-electron chi connectivity index (χ2n) is 5.56. The average Bonchev–Trinajstić information content (AvgIpc) is 2.83. The first kappa shape index (κ1) is 18.9. The van der Waals surface area contributed by atoms with Crippen molar-refractivity contribution in [3.8, 4) is 5.88 Å². The van der Waals surface area contributed by atoms with Gasteiger partial charge in [-0.1, -0.05) is 12.1 Å². The normalized spacial score (nSPS) is 12.0. The van der Waals surface area contributed by atoms with Crippen molar-refractivity contribution in [2.75, 3.05) is 5.32 Å². The van der Waals surface area contributed by atoms with Gasteiger partial charge < -0.3 is 15.0 Å². The van der Waals surface area contributed by atoms with Gasteiger partial charge in [-0.15, -0.1) is 10.2 Å². The first-order valence-electron chi connectivity index (χ1n) is 7.50. The fraction of sp³-hybridized carbons (Fsp3) is 0.0625. The van der Waals surface area contributed by atoms with Crippen molar-refractivity contribution in [1.82, 2.24) is 4.57 Å². The van der Waals surface area contributed by atoms with Gasteiger partial charge in [-0.2, -0.15) is 0 Å². The molecule has 1 heterocycles. The van der Waals surface area contributed by atoms with Crippen molar-refractivity contribution in [2.45, 2.75) is 4.90 Å². The highest BCUT2D eigenvalue weighted by atomic mass is 32.2. The van der Waals surface area contributed by atoms with E-state index in [1.54, 1.807) is 13.1 Å². The molecule has 1 aromatic heterocycles. The van der Waals surface area contributed by atoms with Gasteiger partial charge in [0.1, 0.15) is 10.7 Å². The minimum Gasteiger partial charge on any atom is -0.493 e. The number of primary sulfonamides is 1. The molecule has 0 aliphatic carbocycles. The summed E-state index contributed by atoms with van der Waals surface area (Å²) in [7, 11) is -2.41. The fourth-order valence-electron chi connectivity index (χ4n) is 2.53. The Kier molecular flexibility index (Phi) is 4.91. The smallest absolute Gasteiger partial charge is 0.240 e. The molecule has 0 bridgehead atoms. The highest BCUT2D eigenvalue weighted by Gasteiger charge is 2.16. The van der Waals surface area contributed by atoms with Gasteiger partial charge in [0, 0.05) is 12.4 Å². The molecule has 8 nitrogen and oxygen atoms in total. The molecular formula is C16H14FN5O3S2. The number of azo groups is 1. The molecule has 0 unspecified atom stereocenters. The Morgan fingerprint density at radius 1 is 1.30 bits per heavy atom. The van der Waals surface area contributed by atoms with Crippen LogP contribution in [-0.4, -0.2) is 23.2 Å². The van der Waals surface area contributed by atoms with Crippen molar-refractivity contribution < 1.29 is 17.9 Å². The van der Waals surface area contributed by atoms with E-state index in [0.29, 0.717) is 10.9 Å². The zero-order valence-electron chi connectivity index (χ0n) is 13.9. The zero-order valence-corrected chi connectivity index (χ0v) is 15.6. The first-order valence-corrected chi connectivity index (χ1v) is 9.45. The van der Waals surface area contributed by atoms with Crippen molar-refractivity contribution in [2.24, 2.45) is 22.4 Å². The number of fused-ring (bicyclic) bond motifs is 1. The maximum absolute atomic E-state index is 13.4. The molecule has 0 radical (unpaired) electrons. The molecule has 0 atom stereocenters. The molecule has 0 saturated carbocycles. The Morgan fingerprint density at radius 3 is 2.70 bits per heavy atom. The zero-order chi connectivity index (χ0) is 19.8. The molecule has 140 valence electrons. The molecule has 27 heavy (non-hydrogen) atoms. The van der Waals surface area contributed by atoms with Crippen LogP contribution >= 0.6 is 12.2 Å². The third-order valence-corrected chi connectivity index (χ3v) is 4.93. The number of nitrogens with one attached hydrogen (secondary N) is 1. The molecule has 11 heteroatoms. The van der Waals surface area contributed by atoms with Crippen molar-refractivity contribution in [1.29, 1.82) is 0 Å². The van der Waals surface area contributed by atoms with Gasteiger partial charge in [0.25, 0.3) is 0 Å². The van der Waals surface area contributed by atoms with Gasteiger partial charge in [0.05, 0.1) is 11.2 Å². The summed E-state index contributed by atoms with van der Waals surface area (Å²) in [6.07, 6.45) is 0. The van der Waals surface area contributed by atoms with Crippen molar-refractivity contribution >= 4 is 49.6 Å². The summed E-state index contributed by atoms with van der Waals surface area (Å²) < 4.78 is 38.0. The quantitative estimate of drug-likeness (QED) is 0.455. The Hall–Kier alpha value is -2.89. The number of aryl methyl sites for hydroxylation is 1. The summed E-state index contributed by atoms with van der Waals surface area (Å²) in [6, 6.07) is 9.87. The number of nitrogens with zero attached hydrogens (tertiary/aromatic N) is 3. The number of anilines is 1. The number of thiocarbonyl (C=S) groups is 1. The van der Waals surface area contributed by atoms with Crippen LogP contribution in [0.4, 0.5) is 15.8 Å². The predicted molar refractivity (Wildman–Crippen MR) is 103 cm³/mol. The molecule has 3 rings (SSSR count). The molecular weight excluding hydrogens is 393 g/mol. The topological polar surface area (TPSA) is 122 Å². The Balaban J connectivity index is 1.91. The fourth-order valence-corrected chi connectivity index (χ4v) is 3.37. The molecule has 2 aromatic carbocycles. The van der Waals surface area contributed by atoms with Gasteiger partial charge in [-0.05, 0) is 42.5 Å². The van der Waals surface area contributed by atoms with Gasteiger partial charge in [-0.3, -0.25) is 0 Å². The van der Waals surface area contributed by atoms with Crippen LogP contribution in [-0.2, 0) is 17.1 Å². The molecule has 4 N–H and O–H groups in total. The minimum atomic E-state index is -3.96. The lowest BCUT2D eigenvalue weighted by molar-refractivity contribution is 0.436. The first-order chi connectivity index (χ1) is 12.7. The Morgan fingerprint density at radius 2 is 2.00 bits per heavy atom. The number of nitrogens with two attached hydrogens (primary N) is 1. The lowest BCUT2D eigenvalue weighted by Gasteiger charge is -2.08. The van der Waals surface area contributed by atoms with E-state index >= 15 is 0 Å². The van der Waals surface area contributed by atoms with E-state index in [-0.39, 0.29) is 27.3 Å². The number of para-hydroxylation sites is 1. The van der Waals surface area contributed by atoms with Gasteiger partial charge in [0.15, 0.2) is 5.69 Å². The van der Waals surface area contributed by atoms with Crippen LogP contribution in [0.3, 0.4) is 0 Å². The highest BCUT2D eigenvalue weighted by Crippen LogP contribution is 2.38. The lowest BCUT2D eigenvalue weighted by atomic mass is 10.2. The average molecular weight is 407 g/mol. The monoisotopic (exact) mass is 407 g/mol. The SMILES string of the molecule is Cn1c(O)c(N=NC(=S)Nc2ccccc2S(N)(=O)=O)c2ccc(F)cc21. The summed E-state index contributed by atoms with van der Waals surface area (Å²) in [5.74, 6) is -0.671. The summed E-state index contributed by atoms with van der Waals surface area (Å²) in [4.78, 5) is -0.147. The van der Waals surface area contributed by atoms with E-state index in [1.807, 2.05) is 0 Å². The maximum Gasteiger partial charge on any atom is 0.240 e. The van der Waals surface area contributed by atoms with E-state index in [0.717, 1.165) is 0 Å². The number of halogens is 1. The Bertz CT molecular complexity index is 1190. The van der Waals surface area contributed by atoms with Crippen LogP contribution in [0, 0.1) is 5.82 Å². The molecule has 0 aliphatic rings. The number of benzene rings is 2. The molecule has 0 saturated heterocycles. The van der Waals surface area contributed by atoms with Gasteiger partial charge in [-0.25, -0.2) is 17.9 Å². The lowest BCUT2D eigenvalue weighted by Crippen LogP contribution is -2.16. The second-order valence-corrected chi connectivity index (χ2v) is 7.48. The molecule has 3 aromatic rings. The maximum atomic E-state index is 13.4. The second kappa shape index (κ2) is 7.02. The van der Waals surface area contributed by atoms with E-state index in [4.69, 9.17) is 17.4 Å². The van der Waals surface area contributed by atoms with Gasteiger partial charge >= 0.3 is 0 Å². The van der Waals surface area contributed by atoms with Crippen molar-refractivity contribution in [3.05, 3.63) is 48.3 Å². The van der Waals surface area contributed by atoms with Crippen molar-refractivity contribution in [3.63, 3.8) is 0 Å². The van der Waals surface area contributed by atoms with E-state index in [9.17, 15) is 17.9 Å². The highest BCUT2D eigenvalue weighted by molar-refractivity contribution is 7.89. The third-order valence-electron chi connectivity index (χ3n) is 3.78. The minimum absolute atomic E-state index is 0.108. The summed E-state index contributed by atoms with van der Waals surface area (Å²) in [5, 5.41) is 26.0. The number of sulfonamides is 1. The van der Waals surface area contributed by atoms with Gasteiger partial charge in [0.2, 0.25) is 21.0 Å². The number of hydrogen-bond donors (Lipinski definition) is 3. The summed E-state index contributed by atoms with van der Waals surface area (Å²) >= 11 is 5.06. The van der Waals surface area contributed by atoms with Crippen LogP contribution in [0.15, 0.2) is 57.6 Å². The van der Waals surface area contributed by atoms with E-state index < -0.39 is 15.8 Å². The number of rotatable bonds is 3. The standard InChI is InChI=1S/C16H14FN5O3S2/c1-22-12-8-9(17)6-7-10(12)14(15(22)23)20-21-16(26)19-11-4-2-3-5-13(11)27(18,24)25/h2-8,23H,1H3,(H,19,26)(H2,18,24,25). The van der Waals surface area contributed by atoms with Crippen LogP contribution < -0.4 is 10.5 Å². The molecule has 0 aliphatic heterocycles. The third kappa shape index (κ3) is 3.79. The Labute approximate surface area is 159 Å². The van der Waals surface area contributed by atoms with Crippen LogP contribution in [0.25, 0.3) is 10.9 Å². The molecule has 0 amide bonds. The predicted octanol–water partition coefficient (Wildman–Crippen LogP) is 3.15. The molecule has 0 fully saturated rings. The van der Waals surface area contributed by atoms with Crippen LogP contribution in [0.2, 0.25) is 0 Å². The van der Waals surface area contributed by atoms with Crippen LogP contribution in [0.5, 0.6) is 5.88 Å². The molecule has 0 spiro atoms. The summed E-state index contributed by atoms with van der Waals surface area (Å²) in [5.41, 5.74) is 0.685. The largest absolute Gasteiger partial charge is 0.493 e. The van der Waals surface area contributed by atoms with E-state index in [2.05, 4.69) is 15.5 Å². The van der Waals surface area contributed by atoms with E-state index in [1.165, 1.54) is 41.0 Å². The number of hydrogen-bond acceptors (Lipinski definition) is 5. The number of aromatic nitrogens is 1.